The van der Waals surface area contributed by atoms with Crippen molar-refractivity contribution in [1.29, 1.82) is 0 Å². The van der Waals surface area contributed by atoms with Gasteiger partial charge in [0.1, 0.15) is 7.28 Å². The molecule has 0 saturated carbocycles. The molecule has 2 nitrogen and oxygen atoms in total. The Balaban J connectivity index is 1.39. The third kappa shape index (κ3) is 2.66. The Labute approximate surface area is 129 Å². The van der Waals surface area contributed by atoms with E-state index in [-0.39, 0.29) is 0 Å². The number of hydrogen-bond acceptors (Lipinski definition) is 2. The molecule has 112 valence electrons. The van der Waals surface area contributed by atoms with Crippen LogP contribution in [0.1, 0.15) is 28.7 Å². The minimum atomic E-state index is 0.825. The lowest BCUT2D eigenvalue weighted by Crippen LogP contribution is -2.53. The van der Waals surface area contributed by atoms with Crippen molar-refractivity contribution in [1.82, 2.24) is 10.2 Å². The quantitative estimate of drug-likeness (QED) is 0.850. The van der Waals surface area contributed by atoms with Gasteiger partial charge in [0.15, 0.2) is 0 Å². The zero-order valence-electron chi connectivity index (χ0n) is 13.3. The van der Waals surface area contributed by atoms with Crippen LogP contribution in [0.15, 0.2) is 12.1 Å². The molecule has 4 rings (SSSR count). The normalized spacial score (nSPS) is 26.2. The number of nitrogens with one attached hydrogen (secondary N) is 1. The van der Waals surface area contributed by atoms with Gasteiger partial charge in [-0.15, -0.1) is 0 Å². The Morgan fingerprint density at radius 1 is 1.33 bits per heavy atom. The maximum atomic E-state index is 3.49. The lowest BCUT2D eigenvalue weighted by atomic mass is 9.61. The highest BCUT2D eigenvalue weighted by atomic mass is 15.2. The fraction of sp³-hybridized carbons (Fsp3) is 0.667. The molecule has 0 spiro atoms. The maximum absolute atomic E-state index is 3.49. The molecule has 1 unspecified atom stereocenters. The van der Waals surface area contributed by atoms with Crippen molar-refractivity contribution in [3.8, 4) is 0 Å². The number of hydrogen-bond donors (Lipinski definition) is 1. The summed E-state index contributed by atoms with van der Waals surface area (Å²) in [6, 6.07) is 5.68. The second-order valence-electron chi connectivity index (χ2n) is 7.37. The highest BCUT2D eigenvalue weighted by Crippen LogP contribution is 2.29. The lowest BCUT2D eigenvalue weighted by molar-refractivity contribution is 0.0608. The van der Waals surface area contributed by atoms with Gasteiger partial charge in [-0.2, -0.15) is 0 Å². The minimum Gasteiger partial charge on any atom is -0.315 e. The van der Waals surface area contributed by atoms with Crippen LogP contribution in [0.5, 0.6) is 0 Å². The largest absolute Gasteiger partial charge is 0.315 e. The van der Waals surface area contributed by atoms with Crippen LogP contribution in [0, 0.1) is 12.8 Å². The number of nitrogens with zero attached hydrogens (tertiary/aromatic N) is 1. The Hall–Kier alpha value is -0.795. The van der Waals surface area contributed by atoms with E-state index in [2.05, 4.69) is 29.3 Å². The van der Waals surface area contributed by atoms with Gasteiger partial charge >= 0.3 is 0 Å². The van der Waals surface area contributed by atoms with Gasteiger partial charge in [-0.3, -0.25) is 4.90 Å². The van der Waals surface area contributed by atoms with Crippen LogP contribution in [-0.4, -0.2) is 44.4 Å². The van der Waals surface area contributed by atoms with E-state index in [0.29, 0.717) is 0 Å². The van der Waals surface area contributed by atoms with E-state index >= 15 is 0 Å². The van der Waals surface area contributed by atoms with Gasteiger partial charge in [0.05, 0.1) is 0 Å². The number of fused-ring (bicyclic) bond motifs is 1. The lowest BCUT2D eigenvalue weighted by Gasteiger charge is -2.43. The van der Waals surface area contributed by atoms with Crippen molar-refractivity contribution in [3.63, 3.8) is 0 Å². The summed E-state index contributed by atoms with van der Waals surface area (Å²) >= 11 is 0. The third-order valence-corrected chi connectivity index (χ3v) is 5.98. The summed E-state index contributed by atoms with van der Waals surface area (Å²) in [4.78, 5) is 2.69. The Kier molecular flexibility index (Phi) is 3.80. The van der Waals surface area contributed by atoms with Crippen LogP contribution in [0.25, 0.3) is 0 Å². The molecule has 0 amide bonds. The predicted molar refractivity (Wildman–Crippen MR) is 90.6 cm³/mol. The van der Waals surface area contributed by atoms with Gasteiger partial charge in [-0.1, -0.05) is 24.8 Å². The first-order valence-corrected chi connectivity index (χ1v) is 8.86. The molecular formula is C18H27BN2. The maximum Gasteiger partial charge on any atom is 0.126 e. The number of aryl methyl sites for hydroxylation is 1. The molecule has 3 heteroatoms. The molecule has 0 aromatic heterocycles. The molecule has 1 atom stereocenters. The zero-order chi connectivity index (χ0) is 14.2. The van der Waals surface area contributed by atoms with E-state index in [1.54, 1.807) is 22.3 Å². The van der Waals surface area contributed by atoms with E-state index < -0.39 is 0 Å². The Morgan fingerprint density at radius 2 is 2.24 bits per heavy atom. The zero-order valence-corrected chi connectivity index (χ0v) is 13.3. The summed E-state index contributed by atoms with van der Waals surface area (Å²) in [5.74, 6) is 0.894. The molecule has 3 aliphatic heterocycles. The molecule has 0 radical (unpaired) electrons. The number of likely N-dealkylation sites (tertiary alicyclic amines) is 1. The van der Waals surface area contributed by atoms with Gasteiger partial charge < -0.3 is 5.32 Å². The fourth-order valence-corrected chi connectivity index (χ4v) is 4.58. The monoisotopic (exact) mass is 282 g/mol. The van der Waals surface area contributed by atoms with Crippen LogP contribution in [0.4, 0.5) is 0 Å². The van der Waals surface area contributed by atoms with Crippen LogP contribution in [0.3, 0.4) is 0 Å². The van der Waals surface area contributed by atoms with E-state index in [0.717, 1.165) is 12.0 Å². The molecular weight excluding hydrogens is 255 g/mol. The summed E-state index contributed by atoms with van der Waals surface area (Å²) < 4.78 is 0. The first-order valence-electron chi connectivity index (χ1n) is 8.86. The van der Waals surface area contributed by atoms with Crippen LogP contribution < -0.4 is 5.32 Å². The van der Waals surface area contributed by atoms with Gasteiger partial charge in [0, 0.05) is 25.7 Å². The summed E-state index contributed by atoms with van der Waals surface area (Å²) in [6.45, 7) is 7.45. The molecule has 1 N–H and O–H groups in total. The van der Waals surface area contributed by atoms with Gasteiger partial charge in [0.2, 0.25) is 0 Å². The van der Waals surface area contributed by atoms with Crippen LogP contribution >= 0.6 is 0 Å². The molecule has 0 aliphatic carbocycles. The summed E-state index contributed by atoms with van der Waals surface area (Å²) in [5, 5.41) is 3.49. The fourth-order valence-electron chi connectivity index (χ4n) is 4.58. The topological polar surface area (TPSA) is 15.3 Å². The summed E-state index contributed by atoms with van der Waals surface area (Å²) in [6.07, 6.45) is 6.67. The molecule has 0 bridgehead atoms. The van der Waals surface area contributed by atoms with E-state index in [4.69, 9.17) is 0 Å². The Morgan fingerprint density at radius 3 is 3.05 bits per heavy atom. The number of benzene rings is 1. The molecule has 21 heavy (non-hydrogen) atoms. The molecule has 1 aromatic rings. The smallest absolute Gasteiger partial charge is 0.126 e. The van der Waals surface area contributed by atoms with Crippen LogP contribution in [0.2, 0.25) is 6.32 Å². The van der Waals surface area contributed by atoms with Crippen molar-refractivity contribution in [2.45, 2.75) is 44.9 Å². The Bertz CT molecular complexity index is 516. The summed E-state index contributed by atoms with van der Waals surface area (Å²) in [7, 11) is 1.39. The standard InChI is InChI=1S/C18H27BN2/c1-13-16(3-2-15-4-6-19-9-18(13)15)8-14-11-21(12-14)17-5-7-20-10-17/h2-3,14,17,19-20H,4-12H2,1H3. The molecule has 1 aromatic carbocycles. The molecule has 3 aliphatic rings. The van der Waals surface area contributed by atoms with Crippen molar-refractivity contribution < 1.29 is 0 Å². The molecule has 3 heterocycles. The minimum absolute atomic E-state index is 0.825. The average molecular weight is 282 g/mol. The summed E-state index contributed by atoms with van der Waals surface area (Å²) in [5.41, 5.74) is 6.57. The van der Waals surface area contributed by atoms with E-state index in [9.17, 15) is 0 Å². The molecule has 2 saturated heterocycles. The van der Waals surface area contributed by atoms with Gasteiger partial charge in [0.25, 0.3) is 0 Å². The average Bonchev–Trinajstić information content (AvgIpc) is 2.98. The van der Waals surface area contributed by atoms with Crippen molar-refractivity contribution >= 4 is 7.28 Å². The predicted octanol–water partition coefficient (Wildman–Crippen LogP) is 1.74. The first-order chi connectivity index (χ1) is 10.3. The van der Waals surface area contributed by atoms with Crippen molar-refractivity contribution in [3.05, 3.63) is 34.4 Å². The third-order valence-electron chi connectivity index (χ3n) is 5.98. The van der Waals surface area contributed by atoms with Gasteiger partial charge in [-0.25, -0.2) is 0 Å². The second-order valence-corrected chi connectivity index (χ2v) is 7.37. The second kappa shape index (κ2) is 5.77. The number of rotatable bonds is 3. The van der Waals surface area contributed by atoms with Crippen molar-refractivity contribution in [2.24, 2.45) is 5.92 Å². The van der Waals surface area contributed by atoms with Crippen molar-refractivity contribution in [2.75, 3.05) is 26.2 Å². The molecule has 2 fully saturated rings. The highest BCUT2D eigenvalue weighted by Gasteiger charge is 2.33. The van der Waals surface area contributed by atoms with E-state index in [1.165, 1.54) is 65.4 Å². The first kappa shape index (κ1) is 13.8. The SMILES string of the molecule is Cc1c(CC2CN(C3CCNC3)C2)ccc2c1CBCC2. The highest BCUT2D eigenvalue weighted by molar-refractivity contribution is 6.35. The van der Waals surface area contributed by atoms with Gasteiger partial charge in [-0.05, 0) is 60.9 Å². The van der Waals surface area contributed by atoms with E-state index in [1.807, 2.05) is 0 Å². The van der Waals surface area contributed by atoms with Crippen LogP contribution in [-0.2, 0) is 19.2 Å².